The Bertz CT molecular complexity index is 328. The second kappa shape index (κ2) is 7.85. The van der Waals surface area contributed by atoms with Crippen molar-refractivity contribution >= 4 is 15.9 Å². The van der Waals surface area contributed by atoms with Crippen LogP contribution in [0.4, 0.5) is 0 Å². The molecule has 0 heterocycles. The first-order valence-corrected chi connectivity index (χ1v) is 6.88. The monoisotopic (exact) mass is 299 g/mol. The van der Waals surface area contributed by atoms with Gasteiger partial charge in [0.15, 0.2) is 0 Å². The van der Waals surface area contributed by atoms with E-state index in [-0.39, 0.29) is 0 Å². The highest BCUT2D eigenvalue weighted by atomic mass is 79.9. The Morgan fingerprint density at radius 1 is 1.24 bits per heavy atom. The topological polar surface area (TPSA) is 21.3 Å². The van der Waals surface area contributed by atoms with Crippen LogP contribution in [0.1, 0.15) is 25.3 Å². The molecule has 1 rings (SSSR count). The van der Waals surface area contributed by atoms with E-state index in [4.69, 9.17) is 4.74 Å². The van der Waals surface area contributed by atoms with Crippen LogP contribution in [0.3, 0.4) is 0 Å². The average Bonchev–Trinajstić information content (AvgIpc) is 2.28. The van der Waals surface area contributed by atoms with Crippen LogP contribution in [0.5, 0.6) is 0 Å². The molecule has 1 aromatic carbocycles. The molecule has 0 bridgehead atoms. The van der Waals surface area contributed by atoms with Gasteiger partial charge in [0.2, 0.25) is 0 Å². The Kier molecular flexibility index (Phi) is 6.78. The van der Waals surface area contributed by atoms with E-state index in [1.807, 2.05) is 6.07 Å². The van der Waals surface area contributed by atoms with Crippen molar-refractivity contribution in [2.24, 2.45) is 5.92 Å². The smallest absolute Gasteiger partial charge is 0.0543 e. The van der Waals surface area contributed by atoms with Gasteiger partial charge in [-0.2, -0.15) is 0 Å². The van der Waals surface area contributed by atoms with Crippen molar-refractivity contribution in [1.82, 2.24) is 5.32 Å². The van der Waals surface area contributed by atoms with Gasteiger partial charge in [-0.15, -0.1) is 0 Å². The summed E-state index contributed by atoms with van der Waals surface area (Å²) in [4.78, 5) is 0. The van der Waals surface area contributed by atoms with Crippen LogP contribution in [-0.2, 0) is 4.74 Å². The van der Waals surface area contributed by atoms with Crippen molar-refractivity contribution in [2.75, 3.05) is 26.8 Å². The first-order valence-electron chi connectivity index (χ1n) is 6.09. The van der Waals surface area contributed by atoms with E-state index < -0.39 is 0 Å². The molecule has 0 spiro atoms. The zero-order chi connectivity index (χ0) is 12.7. The van der Waals surface area contributed by atoms with Crippen LogP contribution in [0.25, 0.3) is 0 Å². The molecular weight excluding hydrogens is 278 g/mol. The summed E-state index contributed by atoms with van der Waals surface area (Å²) >= 11 is 3.60. The number of hydrogen-bond acceptors (Lipinski definition) is 2. The summed E-state index contributed by atoms with van der Waals surface area (Å²) in [6.45, 7) is 7.18. The summed E-state index contributed by atoms with van der Waals surface area (Å²) in [7, 11) is 1.76. The molecule has 0 fully saturated rings. The predicted octanol–water partition coefficient (Wildman–Crippen LogP) is 3.42. The Balaban J connectivity index is 2.62. The lowest BCUT2D eigenvalue weighted by atomic mass is 10.00. The van der Waals surface area contributed by atoms with E-state index in [0.29, 0.717) is 11.8 Å². The van der Waals surface area contributed by atoms with Crippen LogP contribution < -0.4 is 5.32 Å². The van der Waals surface area contributed by atoms with E-state index in [1.165, 1.54) is 5.56 Å². The first kappa shape index (κ1) is 14.7. The first-order chi connectivity index (χ1) is 8.15. The number of hydrogen-bond donors (Lipinski definition) is 1. The number of methoxy groups -OCH3 is 1. The van der Waals surface area contributed by atoms with Crippen molar-refractivity contribution in [2.45, 2.75) is 19.8 Å². The maximum atomic E-state index is 5.31. The highest BCUT2D eigenvalue weighted by Gasteiger charge is 2.13. The van der Waals surface area contributed by atoms with Gasteiger partial charge in [0, 0.05) is 24.0 Å². The van der Waals surface area contributed by atoms with Crippen LogP contribution in [-0.4, -0.2) is 26.8 Å². The second-order valence-electron chi connectivity index (χ2n) is 4.73. The SMILES string of the molecule is COCC(CNCC(C)C)c1ccccc1Br. The number of halogens is 1. The average molecular weight is 300 g/mol. The normalized spacial score (nSPS) is 13.0. The summed E-state index contributed by atoms with van der Waals surface area (Å²) in [5.41, 5.74) is 1.31. The van der Waals surface area contributed by atoms with Crippen LogP contribution in [0.15, 0.2) is 28.7 Å². The molecule has 0 aliphatic rings. The Hall–Kier alpha value is -0.380. The molecule has 0 amide bonds. The van der Waals surface area contributed by atoms with E-state index in [2.05, 4.69) is 53.3 Å². The molecule has 0 saturated carbocycles. The largest absolute Gasteiger partial charge is 0.384 e. The van der Waals surface area contributed by atoms with E-state index in [9.17, 15) is 0 Å². The van der Waals surface area contributed by atoms with Gasteiger partial charge in [-0.05, 0) is 24.1 Å². The zero-order valence-electron chi connectivity index (χ0n) is 10.9. The lowest BCUT2D eigenvalue weighted by Gasteiger charge is -2.19. The molecule has 0 aliphatic carbocycles. The minimum absolute atomic E-state index is 0.398. The van der Waals surface area contributed by atoms with E-state index >= 15 is 0 Å². The minimum Gasteiger partial charge on any atom is -0.384 e. The molecule has 0 radical (unpaired) electrons. The summed E-state index contributed by atoms with van der Waals surface area (Å²) in [6.07, 6.45) is 0. The maximum Gasteiger partial charge on any atom is 0.0543 e. The lowest BCUT2D eigenvalue weighted by molar-refractivity contribution is 0.177. The standard InChI is InChI=1S/C14H22BrNO/c1-11(2)8-16-9-12(10-17-3)13-6-4-5-7-14(13)15/h4-7,11-12,16H,8-10H2,1-3H3. The highest BCUT2D eigenvalue weighted by molar-refractivity contribution is 9.10. The summed E-state index contributed by atoms with van der Waals surface area (Å²) in [5.74, 6) is 1.08. The molecule has 0 aromatic heterocycles. The Labute approximate surface area is 113 Å². The number of nitrogens with one attached hydrogen (secondary N) is 1. The van der Waals surface area contributed by atoms with Gasteiger partial charge in [-0.25, -0.2) is 0 Å². The fourth-order valence-corrected chi connectivity index (χ4v) is 2.42. The molecule has 0 aliphatic heterocycles. The molecule has 2 nitrogen and oxygen atoms in total. The molecule has 3 heteroatoms. The minimum atomic E-state index is 0.398. The summed E-state index contributed by atoms with van der Waals surface area (Å²) in [6, 6.07) is 8.36. The summed E-state index contributed by atoms with van der Waals surface area (Å²) < 4.78 is 6.47. The van der Waals surface area contributed by atoms with E-state index in [0.717, 1.165) is 24.2 Å². The number of benzene rings is 1. The van der Waals surface area contributed by atoms with Gasteiger partial charge in [0.05, 0.1) is 6.61 Å². The van der Waals surface area contributed by atoms with Gasteiger partial charge in [0.1, 0.15) is 0 Å². The third-order valence-corrected chi connectivity index (χ3v) is 3.38. The van der Waals surface area contributed by atoms with Crippen molar-refractivity contribution < 1.29 is 4.74 Å². The third-order valence-electron chi connectivity index (χ3n) is 2.66. The number of rotatable bonds is 7. The third kappa shape index (κ3) is 5.19. The molecular formula is C14H22BrNO. The van der Waals surface area contributed by atoms with Gasteiger partial charge >= 0.3 is 0 Å². The zero-order valence-corrected chi connectivity index (χ0v) is 12.5. The Morgan fingerprint density at radius 2 is 1.94 bits per heavy atom. The fraction of sp³-hybridized carbons (Fsp3) is 0.571. The fourth-order valence-electron chi connectivity index (χ4n) is 1.81. The molecule has 17 heavy (non-hydrogen) atoms. The van der Waals surface area contributed by atoms with Crippen LogP contribution in [0, 0.1) is 5.92 Å². The molecule has 96 valence electrons. The van der Waals surface area contributed by atoms with Crippen LogP contribution in [0.2, 0.25) is 0 Å². The van der Waals surface area contributed by atoms with Gasteiger partial charge in [0.25, 0.3) is 0 Å². The molecule has 0 saturated heterocycles. The maximum absolute atomic E-state index is 5.31. The van der Waals surface area contributed by atoms with Crippen molar-refractivity contribution in [1.29, 1.82) is 0 Å². The van der Waals surface area contributed by atoms with Crippen molar-refractivity contribution in [3.63, 3.8) is 0 Å². The summed E-state index contributed by atoms with van der Waals surface area (Å²) in [5, 5.41) is 3.49. The van der Waals surface area contributed by atoms with Gasteiger partial charge in [-0.3, -0.25) is 0 Å². The Morgan fingerprint density at radius 3 is 2.53 bits per heavy atom. The second-order valence-corrected chi connectivity index (χ2v) is 5.58. The molecule has 1 unspecified atom stereocenters. The van der Waals surface area contributed by atoms with Gasteiger partial charge < -0.3 is 10.1 Å². The van der Waals surface area contributed by atoms with E-state index in [1.54, 1.807) is 7.11 Å². The van der Waals surface area contributed by atoms with Crippen LogP contribution >= 0.6 is 15.9 Å². The molecule has 1 aromatic rings. The quantitative estimate of drug-likeness (QED) is 0.833. The predicted molar refractivity (Wildman–Crippen MR) is 76.5 cm³/mol. The number of ether oxygens (including phenoxy) is 1. The molecule has 1 N–H and O–H groups in total. The highest BCUT2D eigenvalue weighted by Crippen LogP contribution is 2.24. The van der Waals surface area contributed by atoms with Gasteiger partial charge in [-0.1, -0.05) is 48.0 Å². The molecule has 1 atom stereocenters. The van der Waals surface area contributed by atoms with Crippen molar-refractivity contribution in [3.8, 4) is 0 Å². The lowest BCUT2D eigenvalue weighted by Crippen LogP contribution is -2.27. The van der Waals surface area contributed by atoms with Crippen molar-refractivity contribution in [3.05, 3.63) is 34.3 Å².